The molecule has 0 spiro atoms. The number of carbonyl (C=O) groups is 1. The maximum Gasteiger partial charge on any atom is 0.251 e. The molecule has 0 saturated carbocycles. The summed E-state index contributed by atoms with van der Waals surface area (Å²) in [4.78, 5) is 14.9. The number of nitrogens with zero attached hydrogens (tertiary/aromatic N) is 3. The highest BCUT2D eigenvalue weighted by molar-refractivity contribution is 6.30. The molecule has 2 N–H and O–H groups in total. The molecular formula is C9H7ClN4O. The molecule has 2 rings (SSSR count). The largest absolute Gasteiger partial charge is 0.366 e. The molecule has 1 amide bonds. The van der Waals surface area contributed by atoms with E-state index in [1.165, 1.54) is 23.3 Å². The van der Waals surface area contributed by atoms with Crippen LogP contribution in [0.25, 0.3) is 5.82 Å². The average molecular weight is 223 g/mol. The van der Waals surface area contributed by atoms with Gasteiger partial charge in [-0.2, -0.15) is 5.10 Å². The van der Waals surface area contributed by atoms with Crippen LogP contribution >= 0.6 is 11.6 Å². The van der Waals surface area contributed by atoms with Gasteiger partial charge in [0.1, 0.15) is 0 Å². The maximum absolute atomic E-state index is 10.8. The van der Waals surface area contributed by atoms with Crippen molar-refractivity contribution in [3.05, 3.63) is 41.3 Å². The molecule has 5 nitrogen and oxygen atoms in total. The highest BCUT2D eigenvalue weighted by Gasteiger charge is 2.05. The molecule has 0 aliphatic carbocycles. The number of hydrogen-bond acceptors (Lipinski definition) is 3. The van der Waals surface area contributed by atoms with Crippen molar-refractivity contribution in [3.8, 4) is 5.82 Å². The zero-order valence-electron chi connectivity index (χ0n) is 7.59. The van der Waals surface area contributed by atoms with Crippen LogP contribution in [0.1, 0.15) is 10.4 Å². The van der Waals surface area contributed by atoms with Crippen molar-refractivity contribution >= 4 is 17.5 Å². The van der Waals surface area contributed by atoms with E-state index in [1.807, 2.05) is 0 Å². The Morgan fingerprint density at radius 3 is 2.73 bits per heavy atom. The molecule has 2 aromatic heterocycles. The summed E-state index contributed by atoms with van der Waals surface area (Å²) in [5, 5.41) is 4.49. The van der Waals surface area contributed by atoms with Gasteiger partial charge in [-0.15, -0.1) is 0 Å². The summed E-state index contributed by atoms with van der Waals surface area (Å²) < 4.78 is 1.45. The number of rotatable bonds is 2. The number of pyridine rings is 1. The van der Waals surface area contributed by atoms with Crippen LogP contribution in [0, 0.1) is 0 Å². The van der Waals surface area contributed by atoms with Crippen molar-refractivity contribution in [1.29, 1.82) is 0 Å². The van der Waals surface area contributed by atoms with Gasteiger partial charge in [0, 0.05) is 12.4 Å². The lowest BCUT2D eigenvalue weighted by Gasteiger charge is -1.98. The normalized spacial score (nSPS) is 10.2. The Hall–Kier alpha value is -1.88. The van der Waals surface area contributed by atoms with Crippen molar-refractivity contribution in [2.24, 2.45) is 5.73 Å². The SMILES string of the molecule is NC(=O)c1cnn(-c2ccc(Cl)cn2)c1. The van der Waals surface area contributed by atoms with Crippen molar-refractivity contribution in [2.75, 3.05) is 0 Å². The van der Waals surface area contributed by atoms with Gasteiger partial charge in [0.15, 0.2) is 5.82 Å². The summed E-state index contributed by atoms with van der Waals surface area (Å²) in [5.74, 6) is 0.0575. The Balaban J connectivity index is 2.37. The molecule has 0 unspecified atom stereocenters. The highest BCUT2D eigenvalue weighted by Crippen LogP contribution is 2.09. The van der Waals surface area contributed by atoms with Crippen molar-refractivity contribution in [3.63, 3.8) is 0 Å². The van der Waals surface area contributed by atoms with Gasteiger partial charge in [-0.05, 0) is 12.1 Å². The van der Waals surface area contributed by atoms with Crippen molar-refractivity contribution in [2.45, 2.75) is 0 Å². The Morgan fingerprint density at radius 2 is 2.20 bits per heavy atom. The lowest BCUT2D eigenvalue weighted by molar-refractivity contribution is 0.100. The minimum atomic E-state index is -0.518. The number of carbonyl (C=O) groups excluding carboxylic acids is 1. The van der Waals surface area contributed by atoms with Crippen LogP contribution in [0.15, 0.2) is 30.7 Å². The highest BCUT2D eigenvalue weighted by atomic mass is 35.5. The first-order valence-electron chi connectivity index (χ1n) is 4.13. The third-order valence-corrected chi connectivity index (χ3v) is 2.04. The minimum absolute atomic E-state index is 0.340. The number of hydrogen-bond donors (Lipinski definition) is 1. The van der Waals surface area contributed by atoms with Gasteiger partial charge >= 0.3 is 0 Å². The summed E-state index contributed by atoms with van der Waals surface area (Å²) in [6, 6.07) is 3.38. The molecule has 0 bridgehead atoms. The number of nitrogens with two attached hydrogens (primary N) is 1. The summed E-state index contributed by atoms with van der Waals surface area (Å²) >= 11 is 5.69. The average Bonchev–Trinajstić information content (AvgIpc) is 2.68. The van der Waals surface area contributed by atoms with Gasteiger partial charge in [-0.25, -0.2) is 9.67 Å². The quantitative estimate of drug-likeness (QED) is 0.825. The lowest BCUT2D eigenvalue weighted by Crippen LogP contribution is -2.09. The van der Waals surface area contributed by atoms with Crippen LogP contribution in [-0.4, -0.2) is 20.7 Å². The predicted octanol–water partition coefficient (Wildman–Crippen LogP) is 1.02. The van der Waals surface area contributed by atoms with Gasteiger partial charge in [-0.1, -0.05) is 11.6 Å². The van der Waals surface area contributed by atoms with E-state index in [0.717, 1.165) is 0 Å². The first kappa shape index (κ1) is 9.67. The van der Waals surface area contributed by atoms with Gasteiger partial charge in [0.2, 0.25) is 0 Å². The van der Waals surface area contributed by atoms with Crippen molar-refractivity contribution < 1.29 is 4.79 Å². The molecule has 0 aliphatic rings. The zero-order chi connectivity index (χ0) is 10.8. The second-order valence-corrected chi connectivity index (χ2v) is 3.31. The monoisotopic (exact) mass is 222 g/mol. The van der Waals surface area contributed by atoms with Gasteiger partial charge in [-0.3, -0.25) is 4.79 Å². The van der Waals surface area contributed by atoms with Crippen LogP contribution in [0.3, 0.4) is 0 Å². The second kappa shape index (κ2) is 3.70. The van der Waals surface area contributed by atoms with Gasteiger partial charge in [0.05, 0.1) is 16.8 Å². The summed E-state index contributed by atoms with van der Waals surface area (Å²) in [6.45, 7) is 0. The first-order chi connectivity index (χ1) is 7.16. The molecule has 0 aliphatic heterocycles. The van der Waals surface area contributed by atoms with E-state index in [-0.39, 0.29) is 0 Å². The number of halogens is 1. The number of amides is 1. The van der Waals surface area contributed by atoms with Crippen LogP contribution in [0.5, 0.6) is 0 Å². The Morgan fingerprint density at radius 1 is 1.40 bits per heavy atom. The Labute approximate surface area is 90.5 Å². The van der Waals surface area contributed by atoms with E-state index in [4.69, 9.17) is 17.3 Å². The molecule has 0 saturated heterocycles. The van der Waals surface area contributed by atoms with E-state index in [1.54, 1.807) is 12.1 Å². The second-order valence-electron chi connectivity index (χ2n) is 2.87. The lowest BCUT2D eigenvalue weighted by atomic mass is 10.3. The van der Waals surface area contributed by atoms with Crippen molar-refractivity contribution in [1.82, 2.24) is 14.8 Å². The fraction of sp³-hybridized carbons (Fsp3) is 0. The molecule has 76 valence electrons. The number of aromatic nitrogens is 3. The molecule has 2 heterocycles. The summed E-state index contributed by atoms with van der Waals surface area (Å²) in [7, 11) is 0. The fourth-order valence-electron chi connectivity index (χ4n) is 1.08. The molecule has 0 fully saturated rings. The Kier molecular flexibility index (Phi) is 2.39. The Bertz CT molecular complexity index is 491. The topological polar surface area (TPSA) is 73.8 Å². The van der Waals surface area contributed by atoms with E-state index < -0.39 is 5.91 Å². The van der Waals surface area contributed by atoms with Crippen LogP contribution in [0.4, 0.5) is 0 Å². The van der Waals surface area contributed by atoms with Gasteiger partial charge < -0.3 is 5.73 Å². The smallest absolute Gasteiger partial charge is 0.251 e. The van der Waals surface area contributed by atoms with E-state index >= 15 is 0 Å². The minimum Gasteiger partial charge on any atom is -0.366 e. The summed E-state index contributed by atoms with van der Waals surface area (Å²) in [6.07, 6.45) is 4.40. The molecular weight excluding hydrogens is 216 g/mol. The first-order valence-corrected chi connectivity index (χ1v) is 4.51. The fourth-order valence-corrected chi connectivity index (χ4v) is 1.19. The molecule has 0 radical (unpaired) electrons. The maximum atomic E-state index is 10.8. The molecule has 2 aromatic rings. The van der Waals surface area contributed by atoms with Gasteiger partial charge in [0.25, 0.3) is 5.91 Å². The summed E-state index contributed by atoms with van der Waals surface area (Å²) in [5.41, 5.74) is 5.44. The third kappa shape index (κ3) is 1.97. The zero-order valence-corrected chi connectivity index (χ0v) is 8.35. The van der Waals surface area contributed by atoms with Crippen LogP contribution < -0.4 is 5.73 Å². The van der Waals surface area contributed by atoms with E-state index in [9.17, 15) is 4.79 Å². The third-order valence-electron chi connectivity index (χ3n) is 1.81. The number of primary amides is 1. The molecule has 0 aromatic carbocycles. The molecule has 15 heavy (non-hydrogen) atoms. The van der Waals surface area contributed by atoms with E-state index in [2.05, 4.69) is 10.1 Å². The standard InChI is InChI=1S/C9H7ClN4O/c10-7-1-2-8(12-4-7)14-5-6(3-13-14)9(11)15/h1-5H,(H2,11,15). The predicted molar refractivity (Wildman–Crippen MR) is 54.9 cm³/mol. The van der Waals surface area contributed by atoms with E-state index in [0.29, 0.717) is 16.4 Å². The molecule has 6 heteroatoms. The van der Waals surface area contributed by atoms with Crippen LogP contribution in [-0.2, 0) is 0 Å². The van der Waals surface area contributed by atoms with Crippen LogP contribution in [0.2, 0.25) is 5.02 Å². The molecule has 0 atom stereocenters.